The van der Waals surface area contributed by atoms with Crippen molar-refractivity contribution in [2.24, 2.45) is 5.92 Å². The zero-order valence-electron chi connectivity index (χ0n) is 18.7. The maximum Gasteiger partial charge on any atom is 0.333 e. The predicted molar refractivity (Wildman–Crippen MR) is 124 cm³/mol. The van der Waals surface area contributed by atoms with Gasteiger partial charge in [-0.15, -0.1) is 0 Å². The normalized spacial score (nSPS) is 13.9. The molecule has 0 amide bonds. The molecule has 0 aromatic heterocycles. The van der Waals surface area contributed by atoms with Crippen LogP contribution in [0.15, 0.2) is 52.3 Å². The number of nitrogens with zero attached hydrogens (tertiary/aromatic N) is 2. The number of para-hydroxylation sites is 1. The smallest absolute Gasteiger partial charge is 0.333 e. The number of hydrogen-bond donors (Lipinski definition) is 3. The quantitative estimate of drug-likeness (QED) is 0.543. The van der Waals surface area contributed by atoms with E-state index in [0.29, 0.717) is 5.92 Å². The monoisotopic (exact) mass is 462 g/mol. The molecule has 0 bridgehead atoms. The van der Waals surface area contributed by atoms with Crippen molar-refractivity contribution in [2.45, 2.75) is 29.2 Å². The number of carbonyl (C=O) groups is 2. The Morgan fingerprint density at radius 3 is 2.31 bits per heavy atom. The lowest BCUT2D eigenvalue weighted by Crippen LogP contribution is -2.31. The van der Waals surface area contributed by atoms with Gasteiger partial charge in [0.25, 0.3) is 0 Å². The number of aliphatic hydroxyl groups is 1. The standard InChI is InChI=1S/C19H24N2OS.C4H6O5/c1-14(12-20(2)3)13-21-16-7-5-6-8-18(16)23-19-10-9-15(22-4)11-17(19)21;5-2(4(8)9)1-3(6)7/h5-11,14H,12-13H2,1-4H3;2,5H,1H2,(H,6,7)(H,8,9)/t14-;/m1./s1. The number of benzene rings is 2. The first-order valence-corrected chi connectivity index (χ1v) is 10.9. The van der Waals surface area contributed by atoms with Crippen LogP contribution < -0.4 is 9.64 Å². The average Bonchev–Trinajstić information content (AvgIpc) is 2.72. The molecule has 8 nitrogen and oxygen atoms in total. The van der Waals surface area contributed by atoms with Gasteiger partial charge in [0.05, 0.1) is 24.9 Å². The molecule has 0 radical (unpaired) electrons. The largest absolute Gasteiger partial charge is 0.497 e. The average molecular weight is 463 g/mol. The van der Waals surface area contributed by atoms with Gasteiger partial charge >= 0.3 is 11.9 Å². The minimum Gasteiger partial charge on any atom is -0.497 e. The number of rotatable bonds is 8. The first-order chi connectivity index (χ1) is 15.1. The molecule has 32 heavy (non-hydrogen) atoms. The molecule has 174 valence electrons. The van der Waals surface area contributed by atoms with Crippen LogP contribution in [0.25, 0.3) is 0 Å². The molecule has 9 heteroatoms. The number of fused-ring (bicyclic) bond motifs is 2. The van der Waals surface area contributed by atoms with Crippen LogP contribution in [0.1, 0.15) is 13.3 Å². The second kappa shape index (κ2) is 11.8. The number of carboxylic acid groups (broad SMARTS) is 2. The third kappa shape index (κ3) is 7.15. The van der Waals surface area contributed by atoms with Crippen molar-refractivity contribution in [3.8, 4) is 5.75 Å². The molecule has 0 saturated carbocycles. The lowest BCUT2D eigenvalue weighted by molar-refractivity contribution is -0.152. The van der Waals surface area contributed by atoms with Gasteiger partial charge in [-0.25, -0.2) is 4.79 Å². The molecular formula is C23H30N2O6S. The van der Waals surface area contributed by atoms with E-state index < -0.39 is 24.5 Å². The molecule has 0 spiro atoms. The number of aliphatic carboxylic acids is 2. The summed E-state index contributed by atoms with van der Waals surface area (Å²) in [5.74, 6) is -1.36. The van der Waals surface area contributed by atoms with E-state index in [1.807, 2.05) is 17.8 Å². The van der Waals surface area contributed by atoms with Gasteiger partial charge in [0.2, 0.25) is 0 Å². The van der Waals surface area contributed by atoms with Crippen LogP contribution >= 0.6 is 11.8 Å². The van der Waals surface area contributed by atoms with Crippen LogP contribution in [0.4, 0.5) is 11.4 Å². The summed E-state index contributed by atoms with van der Waals surface area (Å²) in [7, 11) is 5.99. The van der Waals surface area contributed by atoms with Gasteiger partial charge in [-0.1, -0.05) is 30.8 Å². The molecule has 1 unspecified atom stereocenters. The summed E-state index contributed by atoms with van der Waals surface area (Å²) in [6.45, 7) is 4.38. The van der Waals surface area contributed by atoms with E-state index in [1.165, 1.54) is 21.2 Å². The second-order valence-electron chi connectivity index (χ2n) is 7.83. The molecule has 2 atom stereocenters. The molecule has 1 aliphatic rings. The Morgan fingerprint density at radius 2 is 1.75 bits per heavy atom. The van der Waals surface area contributed by atoms with E-state index >= 15 is 0 Å². The van der Waals surface area contributed by atoms with E-state index in [4.69, 9.17) is 20.1 Å². The summed E-state index contributed by atoms with van der Waals surface area (Å²) in [6.07, 6.45) is -2.54. The molecule has 1 heterocycles. The van der Waals surface area contributed by atoms with Crippen LogP contribution in [-0.4, -0.2) is 72.6 Å². The summed E-state index contributed by atoms with van der Waals surface area (Å²) in [4.78, 5) is 26.7. The van der Waals surface area contributed by atoms with Crippen LogP contribution in [0.2, 0.25) is 0 Å². The van der Waals surface area contributed by atoms with Gasteiger partial charge in [0.15, 0.2) is 6.10 Å². The fourth-order valence-corrected chi connectivity index (χ4v) is 4.45. The molecule has 0 saturated heterocycles. The summed E-state index contributed by atoms with van der Waals surface area (Å²) in [5.41, 5.74) is 2.54. The molecule has 2 aromatic rings. The first-order valence-electron chi connectivity index (χ1n) is 10.1. The maximum absolute atomic E-state index is 9.72. The molecule has 3 N–H and O–H groups in total. The van der Waals surface area contributed by atoms with Crippen molar-refractivity contribution in [2.75, 3.05) is 39.2 Å². The Hall–Kier alpha value is -2.75. The Kier molecular flexibility index (Phi) is 9.37. The Balaban J connectivity index is 0.000000344. The Labute approximate surface area is 192 Å². The molecule has 1 aliphatic heterocycles. The zero-order chi connectivity index (χ0) is 23.8. The summed E-state index contributed by atoms with van der Waals surface area (Å²) < 4.78 is 5.44. The Bertz CT molecular complexity index is 936. The third-order valence-corrected chi connectivity index (χ3v) is 5.79. The lowest BCUT2D eigenvalue weighted by Gasteiger charge is -2.35. The van der Waals surface area contributed by atoms with E-state index in [-0.39, 0.29) is 0 Å². The molecule has 0 fully saturated rings. The van der Waals surface area contributed by atoms with Crippen LogP contribution in [0.5, 0.6) is 5.75 Å². The number of methoxy groups -OCH3 is 1. The van der Waals surface area contributed by atoms with E-state index in [1.54, 1.807) is 7.11 Å². The highest BCUT2D eigenvalue weighted by atomic mass is 32.2. The van der Waals surface area contributed by atoms with Gasteiger partial charge in [0.1, 0.15) is 5.75 Å². The molecule has 3 rings (SSSR count). The van der Waals surface area contributed by atoms with Crippen molar-refractivity contribution >= 4 is 35.1 Å². The SMILES string of the molecule is COc1ccc2c(c1)N(C[C@H](C)CN(C)C)c1ccccc1S2.O=C(O)CC(O)C(=O)O. The fraction of sp³-hybridized carbons (Fsp3) is 0.391. The highest BCUT2D eigenvalue weighted by molar-refractivity contribution is 7.99. The van der Waals surface area contributed by atoms with Crippen LogP contribution in [0.3, 0.4) is 0 Å². The highest BCUT2D eigenvalue weighted by Crippen LogP contribution is 2.49. The van der Waals surface area contributed by atoms with Gasteiger partial charge in [-0.3, -0.25) is 4.79 Å². The van der Waals surface area contributed by atoms with Gasteiger partial charge in [-0.2, -0.15) is 0 Å². The minimum atomic E-state index is -1.79. The summed E-state index contributed by atoms with van der Waals surface area (Å²) in [5, 5.41) is 24.1. The van der Waals surface area contributed by atoms with Crippen LogP contribution in [0, 0.1) is 5.92 Å². The van der Waals surface area contributed by atoms with Crippen molar-refractivity contribution < 1.29 is 29.6 Å². The second-order valence-corrected chi connectivity index (χ2v) is 8.92. The number of hydrogen-bond acceptors (Lipinski definition) is 7. The van der Waals surface area contributed by atoms with Crippen molar-refractivity contribution in [1.29, 1.82) is 0 Å². The number of carboxylic acids is 2. The summed E-state index contributed by atoms with van der Waals surface area (Å²) in [6, 6.07) is 15.0. The van der Waals surface area contributed by atoms with Crippen molar-refractivity contribution in [3.05, 3.63) is 42.5 Å². The van der Waals surface area contributed by atoms with Gasteiger partial charge in [0, 0.05) is 28.9 Å². The molecule has 0 aliphatic carbocycles. The maximum atomic E-state index is 9.72. The van der Waals surface area contributed by atoms with E-state index in [9.17, 15) is 9.59 Å². The summed E-state index contributed by atoms with van der Waals surface area (Å²) >= 11 is 1.84. The fourth-order valence-electron chi connectivity index (χ4n) is 3.38. The number of anilines is 2. The lowest BCUT2D eigenvalue weighted by atomic mass is 10.1. The highest BCUT2D eigenvalue weighted by Gasteiger charge is 2.25. The predicted octanol–water partition coefficient (Wildman–Crippen LogP) is 3.40. The van der Waals surface area contributed by atoms with E-state index in [2.05, 4.69) is 67.2 Å². The zero-order valence-corrected chi connectivity index (χ0v) is 19.5. The van der Waals surface area contributed by atoms with Gasteiger partial charge in [-0.05, 0) is 44.3 Å². The minimum absolute atomic E-state index is 0.570. The van der Waals surface area contributed by atoms with Crippen molar-refractivity contribution in [3.63, 3.8) is 0 Å². The third-order valence-electron chi connectivity index (χ3n) is 4.66. The Morgan fingerprint density at radius 1 is 1.09 bits per heavy atom. The van der Waals surface area contributed by atoms with Crippen LogP contribution in [-0.2, 0) is 9.59 Å². The van der Waals surface area contributed by atoms with Crippen molar-refractivity contribution in [1.82, 2.24) is 4.90 Å². The van der Waals surface area contributed by atoms with Gasteiger partial charge < -0.3 is 29.9 Å². The topological polar surface area (TPSA) is 111 Å². The number of aliphatic hydroxyl groups excluding tert-OH is 1. The molecule has 2 aromatic carbocycles. The first kappa shape index (κ1) is 25.5. The number of ether oxygens (including phenoxy) is 1. The van der Waals surface area contributed by atoms with E-state index in [0.717, 1.165) is 18.8 Å². The molecular weight excluding hydrogens is 432 g/mol.